The maximum atomic E-state index is 12.9. The molecule has 5 rings (SSSR count). The van der Waals surface area contributed by atoms with Gasteiger partial charge in [-0.25, -0.2) is 4.68 Å². The predicted molar refractivity (Wildman–Crippen MR) is 136 cm³/mol. The second-order valence-corrected chi connectivity index (χ2v) is 10.5. The zero-order valence-corrected chi connectivity index (χ0v) is 20.9. The third-order valence-electron chi connectivity index (χ3n) is 7.00. The molecule has 0 bridgehead atoms. The first-order valence-electron chi connectivity index (χ1n) is 12.4. The van der Waals surface area contributed by atoms with Crippen LogP contribution in [0.15, 0.2) is 48.7 Å². The molecule has 0 fully saturated rings. The predicted octanol–water partition coefficient (Wildman–Crippen LogP) is 5.18. The number of carbonyl (C=O) groups excluding carboxylic acids is 1. The molecule has 0 radical (unpaired) electrons. The number of hydrogen-bond donors (Lipinski definition) is 2. The van der Waals surface area contributed by atoms with Crippen molar-refractivity contribution in [1.82, 2.24) is 15.1 Å². The molecule has 2 aliphatic heterocycles. The molecule has 0 spiro atoms. The fourth-order valence-corrected chi connectivity index (χ4v) is 4.88. The fraction of sp³-hybridized carbons (Fsp3) is 0.429. The molecule has 184 valence electrons. The van der Waals surface area contributed by atoms with E-state index >= 15 is 0 Å². The second-order valence-electron chi connectivity index (χ2n) is 10.5. The largest absolute Gasteiger partial charge is 0.454 e. The molecule has 2 atom stereocenters. The molecule has 3 aromatic rings. The van der Waals surface area contributed by atoms with Gasteiger partial charge in [-0.15, -0.1) is 0 Å². The van der Waals surface area contributed by atoms with E-state index in [0.29, 0.717) is 6.54 Å². The van der Waals surface area contributed by atoms with Gasteiger partial charge >= 0.3 is 0 Å². The molecule has 1 amide bonds. The van der Waals surface area contributed by atoms with E-state index < -0.39 is 0 Å². The van der Waals surface area contributed by atoms with Crippen molar-refractivity contribution < 1.29 is 14.3 Å². The third-order valence-corrected chi connectivity index (χ3v) is 7.00. The summed E-state index contributed by atoms with van der Waals surface area (Å²) in [6, 6.07) is 15.0. The topological polar surface area (TPSA) is 77.4 Å². The Kier molecular flexibility index (Phi) is 6.17. The third kappa shape index (κ3) is 4.85. The normalized spacial score (nSPS) is 18.6. The lowest BCUT2D eigenvalue weighted by molar-refractivity contribution is -0.120. The summed E-state index contributed by atoms with van der Waals surface area (Å²) in [6.45, 7) is 9.61. The number of amides is 1. The molecule has 0 aliphatic carbocycles. The number of nitrogens with zero attached hydrogens (tertiary/aromatic N) is 2. The van der Waals surface area contributed by atoms with Gasteiger partial charge in [0.05, 0.1) is 24.7 Å². The lowest BCUT2D eigenvalue weighted by Crippen LogP contribution is -2.35. The Hall–Kier alpha value is -3.48. The first-order chi connectivity index (χ1) is 16.8. The quantitative estimate of drug-likeness (QED) is 0.515. The molecule has 3 heterocycles. The van der Waals surface area contributed by atoms with Gasteiger partial charge in [0, 0.05) is 12.1 Å². The van der Waals surface area contributed by atoms with Gasteiger partial charge in [0.15, 0.2) is 11.5 Å². The number of rotatable bonds is 6. The summed E-state index contributed by atoms with van der Waals surface area (Å²) < 4.78 is 12.9. The van der Waals surface area contributed by atoms with Crippen LogP contribution in [-0.2, 0) is 24.2 Å². The number of nitrogens with one attached hydrogen (secondary N) is 2. The molecular formula is C28H34N4O3. The fourth-order valence-electron chi connectivity index (χ4n) is 4.88. The Labute approximate surface area is 206 Å². The van der Waals surface area contributed by atoms with Crippen LogP contribution in [0.2, 0.25) is 0 Å². The Balaban J connectivity index is 1.32. The maximum Gasteiger partial charge on any atom is 0.231 e. The molecule has 0 saturated heterocycles. The Morgan fingerprint density at radius 2 is 1.86 bits per heavy atom. The molecule has 2 N–H and O–H groups in total. The van der Waals surface area contributed by atoms with E-state index in [-0.39, 0.29) is 36.6 Å². The zero-order chi connectivity index (χ0) is 24.6. The summed E-state index contributed by atoms with van der Waals surface area (Å²) in [4.78, 5) is 12.9. The number of benzene rings is 2. The molecule has 35 heavy (non-hydrogen) atoms. The summed E-state index contributed by atoms with van der Waals surface area (Å²) in [5, 5.41) is 11.4. The van der Waals surface area contributed by atoms with Gasteiger partial charge in [0.1, 0.15) is 5.82 Å². The van der Waals surface area contributed by atoms with Crippen LogP contribution in [0.5, 0.6) is 11.5 Å². The highest BCUT2D eigenvalue weighted by Gasteiger charge is 2.37. The first-order valence-corrected chi connectivity index (χ1v) is 12.4. The number of carbonyl (C=O) groups is 1. The summed E-state index contributed by atoms with van der Waals surface area (Å²) in [6.07, 6.45) is 4.08. The zero-order valence-electron chi connectivity index (χ0n) is 20.9. The van der Waals surface area contributed by atoms with Crippen LogP contribution in [0.1, 0.15) is 68.5 Å². The number of aryl methyl sites for hydroxylation is 1. The van der Waals surface area contributed by atoms with Crippen molar-refractivity contribution in [3.05, 3.63) is 70.9 Å². The lowest BCUT2D eigenvalue weighted by atomic mass is 9.80. The van der Waals surface area contributed by atoms with Crippen molar-refractivity contribution in [2.75, 3.05) is 12.1 Å². The summed E-state index contributed by atoms with van der Waals surface area (Å²) in [7, 11) is 0. The number of anilines is 1. The number of hydrogen-bond acceptors (Lipinski definition) is 5. The van der Waals surface area contributed by atoms with Crippen molar-refractivity contribution in [2.45, 2.75) is 65.6 Å². The summed E-state index contributed by atoms with van der Waals surface area (Å²) in [5.74, 6) is 2.36. The van der Waals surface area contributed by atoms with E-state index in [0.717, 1.165) is 41.3 Å². The molecular weight excluding hydrogens is 440 g/mol. The van der Waals surface area contributed by atoms with Crippen LogP contribution in [0.25, 0.3) is 0 Å². The standard InChI is InChI=1S/C28H34N4O3/c1-5-18-6-9-20(10-7-18)22-14-25(28(2,3)4)32-27(31-22)21(16-30-32)13-26(33)29-15-19-8-11-23-24(12-19)35-17-34-23/h6-12,16,22,25,31H,5,13-15,17H2,1-4H3,(H,29,33)/t22-,25+/m1/s1. The van der Waals surface area contributed by atoms with Gasteiger partial charge in [-0.1, -0.05) is 58.0 Å². The first kappa shape index (κ1) is 23.3. The smallest absolute Gasteiger partial charge is 0.231 e. The molecule has 2 aliphatic rings. The maximum absolute atomic E-state index is 12.9. The molecule has 7 heteroatoms. The van der Waals surface area contributed by atoms with Gasteiger partial charge in [0.25, 0.3) is 0 Å². The number of fused-ring (bicyclic) bond motifs is 2. The highest BCUT2D eigenvalue weighted by atomic mass is 16.7. The van der Waals surface area contributed by atoms with E-state index in [9.17, 15) is 4.79 Å². The minimum absolute atomic E-state index is 0.0311. The monoisotopic (exact) mass is 474 g/mol. The van der Waals surface area contributed by atoms with Gasteiger partial charge in [-0.05, 0) is 47.1 Å². The SMILES string of the molecule is CCc1ccc([C@H]2C[C@@H](C(C)(C)C)n3ncc(CC(=O)NCc4ccc5c(c4)OCO5)c3N2)cc1. The van der Waals surface area contributed by atoms with Gasteiger partial charge < -0.3 is 20.1 Å². The van der Waals surface area contributed by atoms with Crippen molar-refractivity contribution >= 4 is 11.7 Å². The van der Waals surface area contributed by atoms with Crippen LogP contribution in [0.4, 0.5) is 5.82 Å². The average molecular weight is 475 g/mol. The van der Waals surface area contributed by atoms with Gasteiger partial charge in [0.2, 0.25) is 12.7 Å². The highest BCUT2D eigenvalue weighted by molar-refractivity contribution is 5.80. The average Bonchev–Trinajstić information content (AvgIpc) is 3.48. The minimum Gasteiger partial charge on any atom is -0.454 e. The highest BCUT2D eigenvalue weighted by Crippen LogP contribution is 2.44. The number of aromatic nitrogens is 2. The molecule has 1 aromatic heterocycles. The molecule has 7 nitrogen and oxygen atoms in total. The van der Waals surface area contributed by atoms with E-state index in [1.807, 2.05) is 24.4 Å². The van der Waals surface area contributed by atoms with Crippen molar-refractivity contribution in [3.8, 4) is 11.5 Å². The molecule has 0 saturated carbocycles. The molecule has 2 aromatic carbocycles. The van der Waals surface area contributed by atoms with Crippen molar-refractivity contribution in [1.29, 1.82) is 0 Å². The van der Waals surface area contributed by atoms with Crippen molar-refractivity contribution in [2.24, 2.45) is 5.41 Å². The van der Waals surface area contributed by atoms with E-state index in [1.165, 1.54) is 11.1 Å². The number of ether oxygens (including phenoxy) is 2. The summed E-state index contributed by atoms with van der Waals surface area (Å²) in [5.41, 5.74) is 4.52. The second kappa shape index (κ2) is 9.29. The molecule has 0 unspecified atom stereocenters. The van der Waals surface area contributed by atoms with Crippen LogP contribution >= 0.6 is 0 Å². The van der Waals surface area contributed by atoms with E-state index in [4.69, 9.17) is 14.6 Å². The van der Waals surface area contributed by atoms with Crippen LogP contribution in [0.3, 0.4) is 0 Å². The van der Waals surface area contributed by atoms with E-state index in [1.54, 1.807) is 0 Å². The van der Waals surface area contributed by atoms with E-state index in [2.05, 4.69) is 67.3 Å². The van der Waals surface area contributed by atoms with Crippen LogP contribution in [-0.4, -0.2) is 22.5 Å². The Morgan fingerprint density at radius 3 is 2.60 bits per heavy atom. The Morgan fingerprint density at radius 1 is 1.11 bits per heavy atom. The summed E-state index contributed by atoms with van der Waals surface area (Å²) >= 11 is 0. The van der Waals surface area contributed by atoms with Crippen LogP contribution in [0, 0.1) is 5.41 Å². The minimum atomic E-state index is -0.0398. The van der Waals surface area contributed by atoms with Gasteiger partial charge in [-0.2, -0.15) is 5.10 Å². The lowest BCUT2D eigenvalue weighted by Gasteiger charge is -2.40. The Bertz CT molecular complexity index is 1210. The van der Waals surface area contributed by atoms with Gasteiger partial charge in [-0.3, -0.25) is 4.79 Å². The van der Waals surface area contributed by atoms with Crippen LogP contribution < -0.4 is 20.1 Å². The van der Waals surface area contributed by atoms with Crippen molar-refractivity contribution in [3.63, 3.8) is 0 Å².